The second-order valence-electron chi connectivity index (χ2n) is 2.77. The number of hydrogen-bond acceptors (Lipinski definition) is 6. The van der Waals surface area contributed by atoms with E-state index in [4.69, 9.17) is 25.6 Å². The van der Waals surface area contributed by atoms with Gasteiger partial charge in [0.05, 0.1) is 11.1 Å². The number of rotatable bonds is 3. The van der Waals surface area contributed by atoms with Crippen LogP contribution in [0.3, 0.4) is 0 Å². The standard InChI is InChI=1S/C8H6O7S.N2/c9-7(10)4-2-1-3-5(8(11)12)6(4)16(13,14)15;1-2/h1-3H,(H,9,10)(H,11,12)(H,13,14,15);. The molecule has 10 heteroatoms. The van der Waals surface area contributed by atoms with Crippen molar-refractivity contribution in [3.8, 4) is 0 Å². The van der Waals surface area contributed by atoms with Crippen LogP contribution in [0.5, 0.6) is 0 Å². The molecule has 18 heavy (non-hydrogen) atoms. The summed E-state index contributed by atoms with van der Waals surface area (Å²) < 4.78 is 30.6. The topological polar surface area (TPSA) is 177 Å². The van der Waals surface area contributed by atoms with Gasteiger partial charge in [-0.3, -0.25) is 4.55 Å². The van der Waals surface area contributed by atoms with Gasteiger partial charge in [-0.2, -0.15) is 8.42 Å². The van der Waals surface area contributed by atoms with Gasteiger partial charge in [0.15, 0.2) is 0 Å². The van der Waals surface area contributed by atoms with E-state index in [1.54, 1.807) is 0 Å². The molecule has 1 aromatic rings. The predicted octanol–water partition coefficient (Wildman–Crippen LogP) is 0.360. The average molecular weight is 274 g/mol. The van der Waals surface area contributed by atoms with Gasteiger partial charge in [-0.25, -0.2) is 9.59 Å². The minimum absolute atomic E-state index is 0.789. The lowest BCUT2D eigenvalue weighted by Gasteiger charge is -2.05. The molecule has 0 fully saturated rings. The van der Waals surface area contributed by atoms with Crippen molar-refractivity contribution in [2.45, 2.75) is 4.90 Å². The molecule has 0 aliphatic rings. The van der Waals surface area contributed by atoms with Crippen LogP contribution in [0.2, 0.25) is 0 Å². The molecule has 0 aliphatic heterocycles. The fourth-order valence-electron chi connectivity index (χ4n) is 1.15. The van der Waals surface area contributed by atoms with E-state index >= 15 is 0 Å². The Morgan fingerprint density at radius 3 is 1.56 bits per heavy atom. The maximum Gasteiger partial charge on any atom is 0.337 e. The van der Waals surface area contributed by atoms with Gasteiger partial charge in [0.2, 0.25) is 0 Å². The van der Waals surface area contributed by atoms with Gasteiger partial charge in [0.1, 0.15) is 4.90 Å². The van der Waals surface area contributed by atoms with Crippen molar-refractivity contribution < 1.29 is 32.8 Å². The third-order valence-corrected chi connectivity index (χ3v) is 2.69. The fourth-order valence-corrected chi connectivity index (χ4v) is 2.02. The average Bonchev–Trinajstić information content (AvgIpc) is 2.29. The minimum atomic E-state index is -4.92. The van der Waals surface area contributed by atoms with Gasteiger partial charge in [-0.05, 0) is 12.1 Å². The van der Waals surface area contributed by atoms with Crippen LogP contribution in [-0.4, -0.2) is 35.1 Å². The summed E-state index contributed by atoms with van der Waals surface area (Å²) in [6, 6.07) is 2.84. The summed E-state index contributed by atoms with van der Waals surface area (Å²) in [5.74, 6) is -3.29. The number of carboxylic acids is 2. The van der Waals surface area contributed by atoms with Gasteiger partial charge in [-0.1, -0.05) is 6.07 Å². The first kappa shape index (κ1) is 15.5. The van der Waals surface area contributed by atoms with Crippen LogP contribution in [0.25, 0.3) is 0 Å². The first-order valence-electron chi connectivity index (χ1n) is 4.02. The zero-order valence-corrected chi connectivity index (χ0v) is 9.33. The second kappa shape index (κ2) is 5.71. The lowest BCUT2D eigenvalue weighted by atomic mass is 10.1. The van der Waals surface area contributed by atoms with E-state index in [1.807, 2.05) is 0 Å². The van der Waals surface area contributed by atoms with Crippen molar-refractivity contribution >= 4 is 22.1 Å². The minimum Gasteiger partial charge on any atom is -0.478 e. The third kappa shape index (κ3) is 3.24. The number of hydrogen-bond donors (Lipinski definition) is 3. The zero-order chi connectivity index (χ0) is 14.5. The highest BCUT2D eigenvalue weighted by Gasteiger charge is 2.26. The Kier molecular flexibility index (Phi) is 4.91. The van der Waals surface area contributed by atoms with Gasteiger partial charge >= 0.3 is 11.9 Å². The number of aromatic carboxylic acids is 2. The smallest absolute Gasteiger partial charge is 0.337 e. The molecule has 0 atom stereocenters. The fraction of sp³-hybridized carbons (Fsp3) is 0. The van der Waals surface area contributed by atoms with E-state index in [0.717, 1.165) is 18.2 Å². The lowest BCUT2D eigenvalue weighted by Crippen LogP contribution is -2.14. The van der Waals surface area contributed by atoms with Crippen molar-refractivity contribution in [2.24, 2.45) is 0 Å². The molecule has 0 radical (unpaired) electrons. The van der Waals surface area contributed by atoms with Crippen molar-refractivity contribution in [1.29, 1.82) is 10.8 Å². The van der Waals surface area contributed by atoms with Crippen molar-refractivity contribution in [1.82, 2.24) is 0 Å². The highest BCUT2D eigenvalue weighted by Crippen LogP contribution is 2.20. The van der Waals surface area contributed by atoms with Crippen molar-refractivity contribution in [3.05, 3.63) is 29.3 Å². The highest BCUT2D eigenvalue weighted by molar-refractivity contribution is 7.86. The quantitative estimate of drug-likeness (QED) is 0.518. The number of nitrogens with zero attached hydrogens (tertiary/aromatic N) is 2. The summed E-state index contributed by atoms with van der Waals surface area (Å²) >= 11 is 0. The van der Waals surface area contributed by atoms with Crippen LogP contribution in [0, 0.1) is 10.8 Å². The Labute approximate surface area is 100 Å². The molecule has 1 aromatic carbocycles. The van der Waals surface area contributed by atoms with Crippen molar-refractivity contribution in [2.75, 3.05) is 0 Å². The maximum atomic E-state index is 10.9. The molecule has 0 bridgehead atoms. The number of carbonyl (C=O) groups is 2. The SMILES string of the molecule is N#N.O=C(O)c1cccc(C(=O)O)c1S(=O)(=O)O. The Bertz CT molecular complexity index is 573. The van der Waals surface area contributed by atoms with Gasteiger partial charge < -0.3 is 10.2 Å². The van der Waals surface area contributed by atoms with E-state index in [9.17, 15) is 18.0 Å². The first-order chi connectivity index (χ1) is 8.25. The predicted molar refractivity (Wildman–Crippen MR) is 53.6 cm³/mol. The van der Waals surface area contributed by atoms with E-state index in [2.05, 4.69) is 0 Å². The monoisotopic (exact) mass is 274 g/mol. The van der Waals surface area contributed by atoms with Crippen LogP contribution < -0.4 is 0 Å². The molecule has 0 heterocycles. The summed E-state index contributed by atoms with van der Waals surface area (Å²) in [4.78, 5) is 20.2. The first-order valence-corrected chi connectivity index (χ1v) is 5.46. The Morgan fingerprint density at radius 2 is 1.33 bits per heavy atom. The van der Waals surface area contributed by atoms with E-state index in [-0.39, 0.29) is 0 Å². The Morgan fingerprint density at radius 1 is 1.00 bits per heavy atom. The largest absolute Gasteiger partial charge is 0.478 e. The van der Waals surface area contributed by atoms with Gasteiger partial charge in [0, 0.05) is 10.8 Å². The molecule has 0 saturated heterocycles. The molecule has 3 N–H and O–H groups in total. The summed E-state index contributed by atoms with van der Waals surface area (Å²) in [6.45, 7) is 0. The van der Waals surface area contributed by atoms with E-state index in [0.29, 0.717) is 0 Å². The van der Waals surface area contributed by atoms with Crippen LogP contribution in [-0.2, 0) is 10.1 Å². The van der Waals surface area contributed by atoms with E-state index < -0.39 is 38.1 Å². The molecular weight excluding hydrogens is 268 g/mol. The second-order valence-corrected chi connectivity index (χ2v) is 4.13. The van der Waals surface area contributed by atoms with Crippen LogP contribution in [0.15, 0.2) is 23.1 Å². The molecule has 96 valence electrons. The molecular formula is C8H6N2O7S. The molecule has 0 amide bonds. The van der Waals surface area contributed by atoms with Crippen LogP contribution in [0.4, 0.5) is 0 Å². The molecule has 0 aromatic heterocycles. The highest BCUT2D eigenvalue weighted by atomic mass is 32.2. The van der Waals surface area contributed by atoms with Crippen LogP contribution in [0.1, 0.15) is 20.7 Å². The van der Waals surface area contributed by atoms with Gasteiger partial charge in [0.25, 0.3) is 10.1 Å². The third-order valence-electron chi connectivity index (χ3n) is 1.73. The summed E-state index contributed by atoms with van der Waals surface area (Å²) in [5.41, 5.74) is -1.58. The normalized spacial score (nSPS) is 9.94. The summed E-state index contributed by atoms with van der Waals surface area (Å²) in [7, 11) is -4.92. The molecule has 9 nitrogen and oxygen atoms in total. The Hall–Kier alpha value is -2.51. The van der Waals surface area contributed by atoms with E-state index in [1.165, 1.54) is 0 Å². The molecule has 0 saturated carbocycles. The summed E-state index contributed by atoms with van der Waals surface area (Å²) in [6.07, 6.45) is 0. The number of carboxylic acid groups (broad SMARTS) is 2. The summed E-state index contributed by atoms with van der Waals surface area (Å²) in [5, 5.41) is 29.3. The van der Waals surface area contributed by atoms with Crippen LogP contribution >= 0.6 is 0 Å². The maximum absolute atomic E-state index is 10.9. The molecule has 1 rings (SSSR count). The molecule has 0 aliphatic carbocycles. The van der Waals surface area contributed by atoms with Gasteiger partial charge in [-0.15, -0.1) is 0 Å². The molecule has 0 unspecified atom stereocenters. The zero-order valence-electron chi connectivity index (χ0n) is 8.51. The lowest BCUT2D eigenvalue weighted by molar-refractivity contribution is 0.0688. The number of benzene rings is 1. The van der Waals surface area contributed by atoms with Crippen molar-refractivity contribution in [3.63, 3.8) is 0 Å². The Balaban J connectivity index is 0.00000137. The molecule has 0 spiro atoms.